The topological polar surface area (TPSA) is 38.4 Å². The third kappa shape index (κ3) is 4.02. The van der Waals surface area contributed by atoms with Gasteiger partial charge >= 0.3 is 0 Å². The molecule has 0 saturated heterocycles. The Hall–Kier alpha value is -0.510. The van der Waals surface area contributed by atoms with E-state index in [1.807, 2.05) is 0 Å². The summed E-state index contributed by atoms with van der Waals surface area (Å²) >= 11 is 0. The molecule has 54 valence electrons. The van der Waals surface area contributed by atoms with Crippen LogP contribution in [-0.2, 0) is 0 Å². The van der Waals surface area contributed by atoms with Crippen molar-refractivity contribution in [2.75, 3.05) is 13.2 Å². The number of hydrogen-bond donors (Lipinski definition) is 1. The normalized spacial score (nSPS) is 15.8. The number of alkyl halides is 1. The SMILES string of the molecule is CC(F)=NC(CN)CF. The lowest BCUT2D eigenvalue weighted by atomic mass is 10.3. The third-order valence-corrected chi connectivity index (χ3v) is 0.811. The van der Waals surface area contributed by atoms with Crippen LogP contribution >= 0.6 is 0 Å². The quantitative estimate of drug-likeness (QED) is 0.569. The Labute approximate surface area is 52.8 Å². The van der Waals surface area contributed by atoms with Gasteiger partial charge in [-0.05, 0) is 0 Å². The van der Waals surface area contributed by atoms with Gasteiger partial charge < -0.3 is 5.73 Å². The molecule has 0 rings (SSSR count). The Bertz CT molecular complexity index is 95.1. The molecule has 0 aliphatic rings. The summed E-state index contributed by atoms with van der Waals surface area (Å²) < 4.78 is 23.5. The third-order valence-electron chi connectivity index (χ3n) is 0.811. The van der Waals surface area contributed by atoms with E-state index in [0.29, 0.717) is 0 Å². The Morgan fingerprint density at radius 2 is 2.33 bits per heavy atom. The predicted octanol–water partition coefficient (Wildman–Crippen LogP) is 0.671. The van der Waals surface area contributed by atoms with Crippen LogP contribution in [0.4, 0.5) is 8.78 Å². The fourth-order valence-corrected chi connectivity index (χ4v) is 0.402. The maximum absolute atomic E-state index is 11.9. The van der Waals surface area contributed by atoms with E-state index in [4.69, 9.17) is 5.73 Å². The van der Waals surface area contributed by atoms with Crippen LogP contribution < -0.4 is 5.73 Å². The van der Waals surface area contributed by atoms with Crippen molar-refractivity contribution in [3.05, 3.63) is 0 Å². The molecule has 1 unspecified atom stereocenters. The molecular formula is C5H10F2N2. The molecule has 0 spiro atoms. The highest BCUT2D eigenvalue weighted by atomic mass is 19.1. The van der Waals surface area contributed by atoms with Crippen LogP contribution in [0.25, 0.3) is 0 Å². The summed E-state index contributed by atoms with van der Waals surface area (Å²) in [6, 6.07) is -0.699. The number of aliphatic imine (C=N–C) groups is 1. The second-order valence-electron chi connectivity index (χ2n) is 1.67. The Balaban J connectivity index is 3.68. The molecule has 2 N–H and O–H groups in total. The number of hydrogen-bond acceptors (Lipinski definition) is 2. The van der Waals surface area contributed by atoms with Crippen molar-refractivity contribution in [1.29, 1.82) is 0 Å². The van der Waals surface area contributed by atoms with Gasteiger partial charge in [0.2, 0.25) is 0 Å². The van der Waals surface area contributed by atoms with E-state index in [9.17, 15) is 8.78 Å². The minimum Gasteiger partial charge on any atom is -0.328 e. The fourth-order valence-electron chi connectivity index (χ4n) is 0.402. The standard InChI is InChI=1S/C5H10F2N2/c1-4(7)9-5(2-6)3-8/h5H,2-3,8H2,1H3. The summed E-state index contributed by atoms with van der Waals surface area (Å²) in [6.07, 6.45) is 0. The molecule has 0 aromatic heterocycles. The van der Waals surface area contributed by atoms with E-state index < -0.39 is 18.7 Å². The van der Waals surface area contributed by atoms with Crippen LogP contribution in [0.15, 0.2) is 4.99 Å². The van der Waals surface area contributed by atoms with Crippen molar-refractivity contribution >= 4 is 5.97 Å². The van der Waals surface area contributed by atoms with Crippen molar-refractivity contribution in [3.8, 4) is 0 Å². The zero-order valence-corrected chi connectivity index (χ0v) is 5.27. The monoisotopic (exact) mass is 136 g/mol. The summed E-state index contributed by atoms with van der Waals surface area (Å²) in [6.45, 7) is 0.522. The maximum atomic E-state index is 11.9. The molecule has 0 heterocycles. The lowest BCUT2D eigenvalue weighted by Crippen LogP contribution is -2.20. The first-order valence-corrected chi connectivity index (χ1v) is 2.66. The van der Waals surface area contributed by atoms with Crippen molar-refractivity contribution in [1.82, 2.24) is 0 Å². The Morgan fingerprint density at radius 3 is 2.44 bits per heavy atom. The summed E-state index contributed by atoms with van der Waals surface area (Å²) in [5, 5.41) is 0. The average molecular weight is 136 g/mol. The van der Waals surface area contributed by atoms with Gasteiger partial charge in [0, 0.05) is 13.5 Å². The number of rotatable bonds is 3. The van der Waals surface area contributed by atoms with Gasteiger partial charge in [0.25, 0.3) is 0 Å². The number of halogens is 2. The average Bonchev–Trinajstić information content (AvgIpc) is 1.82. The summed E-state index contributed by atoms with van der Waals surface area (Å²) in [4.78, 5) is 3.26. The van der Waals surface area contributed by atoms with Gasteiger partial charge in [-0.15, -0.1) is 0 Å². The zero-order valence-electron chi connectivity index (χ0n) is 5.27. The van der Waals surface area contributed by atoms with Crippen molar-refractivity contribution in [2.24, 2.45) is 10.7 Å². The molecule has 0 aliphatic heterocycles. The molecule has 9 heavy (non-hydrogen) atoms. The molecule has 0 saturated carbocycles. The summed E-state index contributed by atoms with van der Waals surface area (Å²) in [7, 11) is 0. The molecule has 1 atom stereocenters. The molecule has 0 aromatic carbocycles. The zero-order chi connectivity index (χ0) is 7.28. The summed E-state index contributed by atoms with van der Waals surface area (Å²) in [5.41, 5.74) is 5.02. The van der Waals surface area contributed by atoms with Gasteiger partial charge in [-0.1, -0.05) is 0 Å². The lowest BCUT2D eigenvalue weighted by molar-refractivity contribution is 0.431. The molecule has 0 fully saturated rings. The highest BCUT2D eigenvalue weighted by Crippen LogP contribution is 1.91. The molecule has 0 bridgehead atoms. The van der Waals surface area contributed by atoms with Crippen LogP contribution in [0, 0.1) is 0 Å². The first kappa shape index (κ1) is 8.49. The first-order valence-electron chi connectivity index (χ1n) is 2.66. The predicted molar refractivity (Wildman–Crippen MR) is 33.0 cm³/mol. The summed E-state index contributed by atoms with van der Waals surface area (Å²) in [5.74, 6) is -0.622. The van der Waals surface area contributed by atoms with Crippen molar-refractivity contribution in [2.45, 2.75) is 13.0 Å². The van der Waals surface area contributed by atoms with Gasteiger partial charge in [0.1, 0.15) is 6.67 Å². The Morgan fingerprint density at radius 1 is 1.78 bits per heavy atom. The van der Waals surface area contributed by atoms with Crippen molar-refractivity contribution in [3.63, 3.8) is 0 Å². The van der Waals surface area contributed by atoms with E-state index >= 15 is 0 Å². The lowest BCUT2D eigenvalue weighted by Gasteiger charge is -2.01. The van der Waals surface area contributed by atoms with Gasteiger partial charge in [-0.3, -0.25) is 4.99 Å². The first-order chi connectivity index (χ1) is 4.20. The minimum atomic E-state index is -0.699. The van der Waals surface area contributed by atoms with E-state index in [0.717, 1.165) is 0 Å². The number of nitrogens with zero attached hydrogens (tertiary/aromatic N) is 1. The fraction of sp³-hybridized carbons (Fsp3) is 0.800. The number of nitrogens with two attached hydrogens (primary N) is 1. The van der Waals surface area contributed by atoms with E-state index in [1.54, 1.807) is 0 Å². The van der Waals surface area contributed by atoms with Crippen molar-refractivity contribution < 1.29 is 8.78 Å². The molecule has 2 nitrogen and oxygen atoms in total. The van der Waals surface area contributed by atoms with Crippen LogP contribution in [0.5, 0.6) is 0 Å². The van der Waals surface area contributed by atoms with E-state index in [2.05, 4.69) is 4.99 Å². The smallest absolute Gasteiger partial charge is 0.181 e. The van der Waals surface area contributed by atoms with Gasteiger partial charge in [0.15, 0.2) is 5.97 Å². The van der Waals surface area contributed by atoms with Gasteiger partial charge in [0.05, 0.1) is 6.04 Å². The maximum Gasteiger partial charge on any atom is 0.181 e. The molecular weight excluding hydrogens is 126 g/mol. The van der Waals surface area contributed by atoms with E-state index in [-0.39, 0.29) is 6.54 Å². The second-order valence-corrected chi connectivity index (χ2v) is 1.67. The van der Waals surface area contributed by atoms with E-state index in [1.165, 1.54) is 6.92 Å². The minimum absolute atomic E-state index is 0.0533. The molecule has 4 heteroatoms. The molecule has 0 aromatic rings. The second kappa shape index (κ2) is 4.38. The molecule has 0 aliphatic carbocycles. The van der Waals surface area contributed by atoms with Gasteiger partial charge in [-0.2, -0.15) is 4.39 Å². The van der Waals surface area contributed by atoms with Crippen LogP contribution in [0.3, 0.4) is 0 Å². The highest BCUT2D eigenvalue weighted by Gasteiger charge is 2.01. The molecule has 0 radical (unpaired) electrons. The molecule has 0 amide bonds. The van der Waals surface area contributed by atoms with Gasteiger partial charge in [-0.25, -0.2) is 4.39 Å². The van der Waals surface area contributed by atoms with Crippen LogP contribution in [0.1, 0.15) is 6.92 Å². The van der Waals surface area contributed by atoms with Crippen LogP contribution in [-0.4, -0.2) is 25.2 Å². The largest absolute Gasteiger partial charge is 0.328 e. The highest BCUT2D eigenvalue weighted by molar-refractivity contribution is 5.71. The Kier molecular flexibility index (Phi) is 4.13. The van der Waals surface area contributed by atoms with Crippen LogP contribution in [0.2, 0.25) is 0 Å².